The molecule has 0 spiro atoms. The normalized spacial score (nSPS) is 28.5. The van der Waals surface area contributed by atoms with Crippen molar-refractivity contribution in [3.8, 4) is 0 Å². The molecule has 0 aliphatic carbocycles. The fourth-order valence-electron chi connectivity index (χ4n) is 5.12. The molecule has 2 saturated heterocycles. The van der Waals surface area contributed by atoms with Gasteiger partial charge < -0.3 is 14.8 Å². The lowest BCUT2D eigenvalue weighted by Crippen LogP contribution is -2.65. The molecule has 5 heteroatoms. The molecular weight excluding hydrogens is 314 g/mol. The third-order valence-corrected chi connectivity index (χ3v) is 6.17. The Morgan fingerprint density at radius 1 is 1.12 bits per heavy atom. The van der Waals surface area contributed by atoms with Crippen LogP contribution in [0.15, 0.2) is 24.3 Å². The number of H-pyrrole nitrogens is 1. The summed E-state index contributed by atoms with van der Waals surface area (Å²) in [7, 11) is 0. The van der Waals surface area contributed by atoms with Crippen LogP contribution in [0.4, 0.5) is 0 Å². The maximum Gasteiger partial charge on any atom is 0.246 e. The molecule has 1 N–H and O–H groups in total. The number of hydrogen-bond acceptors (Lipinski definition) is 2. The van der Waals surface area contributed by atoms with Crippen LogP contribution in [-0.2, 0) is 16.0 Å². The molecule has 4 heterocycles. The van der Waals surface area contributed by atoms with Gasteiger partial charge >= 0.3 is 0 Å². The van der Waals surface area contributed by atoms with Crippen molar-refractivity contribution in [3.05, 3.63) is 35.5 Å². The lowest BCUT2D eigenvalue weighted by atomic mass is 9.84. The zero-order valence-electron chi connectivity index (χ0n) is 14.7. The van der Waals surface area contributed by atoms with Gasteiger partial charge in [-0.15, -0.1) is 0 Å². The molecule has 2 amide bonds. The molecule has 2 fully saturated rings. The van der Waals surface area contributed by atoms with Crippen LogP contribution >= 0.6 is 0 Å². The number of nitrogens with zero attached hydrogens (tertiary/aromatic N) is 2. The van der Waals surface area contributed by atoms with Gasteiger partial charge in [0.2, 0.25) is 11.8 Å². The van der Waals surface area contributed by atoms with Crippen LogP contribution in [0.1, 0.15) is 44.0 Å². The molecule has 1 unspecified atom stereocenters. The molecule has 5 nitrogen and oxygen atoms in total. The molecule has 25 heavy (non-hydrogen) atoms. The number of rotatable bonds is 1. The number of aromatic nitrogens is 1. The summed E-state index contributed by atoms with van der Waals surface area (Å²) in [6, 6.07) is 7.61. The summed E-state index contributed by atoms with van der Waals surface area (Å²) in [6.07, 6.45) is 2.36. The number of carbonyl (C=O) groups is 2. The molecule has 3 atom stereocenters. The van der Waals surface area contributed by atoms with Crippen molar-refractivity contribution in [1.82, 2.24) is 14.8 Å². The van der Waals surface area contributed by atoms with Crippen molar-refractivity contribution in [1.29, 1.82) is 0 Å². The van der Waals surface area contributed by atoms with E-state index in [1.165, 1.54) is 10.9 Å². The first-order valence-corrected chi connectivity index (χ1v) is 9.30. The minimum absolute atomic E-state index is 0.0552. The first-order chi connectivity index (χ1) is 12.1. The summed E-state index contributed by atoms with van der Waals surface area (Å²) in [6.45, 7) is 5.01. The number of hydrogen-bond donors (Lipinski definition) is 1. The second-order valence-corrected chi connectivity index (χ2v) is 7.91. The summed E-state index contributed by atoms with van der Waals surface area (Å²) in [5.41, 5.74) is 3.44. The molecule has 0 bridgehead atoms. The van der Waals surface area contributed by atoms with Crippen LogP contribution in [0.25, 0.3) is 10.9 Å². The summed E-state index contributed by atoms with van der Waals surface area (Å²) >= 11 is 0. The third-order valence-electron chi connectivity index (χ3n) is 6.17. The minimum atomic E-state index is -0.346. The van der Waals surface area contributed by atoms with Gasteiger partial charge in [-0.3, -0.25) is 9.59 Å². The van der Waals surface area contributed by atoms with E-state index in [0.29, 0.717) is 6.42 Å². The van der Waals surface area contributed by atoms with E-state index in [9.17, 15) is 9.59 Å². The van der Waals surface area contributed by atoms with Gasteiger partial charge in [0.1, 0.15) is 12.1 Å². The third kappa shape index (κ3) is 1.89. The number of carbonyl (C=O) groups excluding carboxylic acids is 2. The van der Waals surface area contributed by atoms with Gasteiger partial charge in [-0.25, -0.2) is 0 Å². The lowest BCUT2D eigenvalue weighted by molar-refractivity contribution is -0.164. The Labute approximate surface area is 147 Å². The second kappa shape index (κ2) is 5.10. The van der Waals surface area contributed by atoms with E-state index in [2.05, 4.69) is 31.0 Å². The predicted octanol–water partition coefficient (Wildman–Crippen LogP) is 2.62. The number of amides is 2. The first-order valence-electron chi connectivity index (χ1n) is 9.30. The number of benzene rings is 1. The van der Waals surface area contributed by atoms with Crippen molar-refractivity contribution in [2.75, 3.05) is 6.54 Å². The molecule has 0 radical (unpaired) electrons. The smallest absolute Gasteiger partial charge is 0.246 e. The van der Waals surface area contributed by atoms with E-state index in [4.69, 9.17) is 0 Å². The van der Waals surface area contributed by atoms with E-state index >= 15 is 0 Å². The van der Waals surface area contributed by atoms with Crippen molar-refractivity contribution in [3.63, 3.8) is 0 Å². The zero-order chi connectivity index (χ0) is 17.3. The highest BCUT2D eigenvalue weighted by Crippen LogP contribution is 2.44. The Morgan fingerprint density at radius 2 is 1.92 bits per heavy atom. The predicted molar refractivity (Wildman–Crippen MR) is 95.0 cm³/mol. The Kier molecular flexibility index (Phi) is 3.06. The van der Waals surface area contributed by atoms with Crippen LogP contribution in [0.3, 0.4) is 0 Å². The monoisotopic (exact) mass is 337 g/mol. The maximum atomic E-state index is 13.2. The Hall–Kier alpha value is -2.30. The first kappa shape index (κ1) is 15.0. The lowest BCUT2D eigenvalue weighted by Gasteiger charge is -2.49. The molecule has 2 aromatic rings. The maximum absolute atomic E-state index is 13.2. The molecule has 1 aromatic heterocycles. The fourth-order valence-corrected chi connectivity index (χ4v) is 5.12. The van der Waals surface area contributed by atoms with Crippen LogP contribution in [0.2, 0.25) is 0 Å². The van der Waals surface area contributed by atoms with Gasteiger partial charge in [0, 0.05) is 29.6 Å². The minimum Gasteiger partial charge on any atom is -0.356 e. The summed E-state index contributed by atoms with van der Waals surface area (Å²) in [5.74, 6) is 0.535. The van der Waals surface area contributed by atoms with Crippen LogP contribution in [0, 0.1) is 5.92 Å². The zero-order valence-corrected chi connectivity index (χ0v) is 14.7. The van der Waals surface area contributed by atoms with E-state index in [1.807, 2.05) is 21.9 Å². The quantitative estimate of drug-likeness (QED) is 0.870. The summed E-state index contributed by atoms with van der Waals surface area (Å²) in [4.78, 5) is 33.7. The average molecular weight is 337 g/mol. The van der Waals surface area contributed by atoms with Crippen molar-refractivity contribution in [2.45, 2.75) is 51.2 Å². The number of para-hydroxylation sites is 1. The van der Waals surface area contributed by atoms with E-state index in [1.54, 1.807) is 0 Å². The van der Waals surface area contributed by atoms with Crippen LogP contribution in [0.5, 0.6) is 0 Å². The fraction of sp³-hybridized carbons (Fsp3) is 0.500. The molecule has 3 aliphatic heterocycles. The number of aromatic amines is 1. The van der Waals surface area contributed by atoms with Crippen LogP contribution < -0.4 is 0 Å². The van der Waals surface area contributed by atoms with E-state index in [-0.39, 0.29) is 35.9 Å². The second-order valence-electron chi connectivity index (χ2n) is 7.91. The molecule has 5 rings (SSSR count). The topological polar surface area (TPSA) is 56.4 Å². The highest BCUT2D eigenvalue weighted by Gasteiger charge is 2.53. The SMILES string of the molecule is CC(C)C1c2[nH]c3ccccc3c2C[C@H]2C(=O)N3CCC[C@H]3C(=O)N12. The average Bonchev–Trinajstić information content (AvgIpc) is 3.22. The standard InChI is InChI=1S/C20H23N3O2/c1-11(2)18-17-13(12-6-3-4-7-14(12)21-17)10-16-19(24)22-9-5-8-15(22)20(25)23(16)18/h3-4,6-7,11,15-16,18,21H,5,8-10H2,1-2H3/t15-,16-,18?/m0/s1. The van der Waals surface area contributed by atoms with Gasteiger partial charge in [0.05, 0.1) is 6.04 Å². The number of fused-ring (bicyclic) bond motifs is 5. The van der Waals surface area contributed by atoms with Crippen molar-refractivity contribution >= 4 is 22.7 Å². The molecule has 0 saturated carbocycles. The number of nitrogens with one attached hydrogen (secondary N) is 1. The highest BCUT2D eigenvalue weighted by molar-refractivity contribution is 5.99. The van der Waals surface area contributed by atoms with Gasteiger partial charge in [-0.2, -0.15) is 0 Å². The highest BCUT2D eigenvalue weighted by atomic mass is 16.2. The Morgan fingerprint density at radius 3 is 2.72 bits per heavy atom. The van der Waals surface area contributed by atoms with Gasteiger partial charge in [0.15, 0.2) is 0 Å². The Balaban J connectivity index is 1.71. The van der Waals surface area contributed by atoms with Crippen molar-refractivity contribution < 1.29 is 9.59 Å². The van der Waals surface area contributed by atoms with Gasteiger partial charge in [-0.1, -0.05) is 32.0 Å². The molecule has 3 aliphatic rings. The molecular formula is C20H23N3O2. The number of piperazine rings is 1. The Bertz CT molecular complexity index is 884. The van der Waals surface area contributed by atoms with E-state index in [0.717, 1.165) is 30.6 Å². The van der Waals surface area contributed by atoms with E-state index < -0.39 is 0 Å². The van der Waals surface area contributed by atoms with Gasteiger partial charge in [0.25, 0.3) is 0 Å². The van der Waals surface area contributed by atoms with Gasteiger partial charge in [-0.05, 0) is 30.4 Å². The molecule has 1 aromatic carbocycles. The summed E-state index contributed by atoms with van der Waals surface area (Å²) in [5, 5.41) is 1.19. The molecule has 130 valence electrons. The van der Waals surface area contributed by atoms with Crippen molar-refractivity contribution in [2.24, 2.45) is 5.92 Å². The largest absolute Gasteiger partial charge is 0.356 e. The van der Waals surface area contributed by atoms with Crippen LogP contribution in [-0.4, -0.2) is 45.2 Å². The summed E-state index contributed by atoms with van der Waals surface area (Å²) < 4.78 is 0.